The second kappa shape index (κ2) is 6.72. The molecule has 0 spiro atoms. The Kier molecular flexibility index (Phi) is 5.22. The molecule has 0 saturated heterocycles. The fourth-order valence-electron chi connectivity index (χ4n) is 3.06. The highest BCUT2D eigenvalue weighted by Crippen LogP contribution is 2.32. The fourth-order valence-corrected chi connectivity index (χ4v) is 3.46. The molecule has 0 bridgehead atoms. The van der Waals surface area contributed by atoms with Gasteiger partial charge in [0.1, 0.15) is 5.54 Å². The Labute approximate surface area is 129 Å². The van der Waals surface area contributed by atoms with E-state index in [1.54, 1.807) is 0 Å². The van der Waals surface area contributed by atoms with Crippen molar-refractivity contribution in [2.24, 2.45) is 0 Å². The minimum absolute atomic E-state index is 0.204. The molecule has 110 valence electrons. The molecule has 1 N–H and O–H groups in total. The predicted molar refractivity (Wildman–Crippen MR) is 83.5 cm³/mol. The molecule has 0 amide bonds. The number of methoxy groups -OCH3 is 1. The van der Waals surface area contributed by atoms with Crippen molar-refractivity contribution in [2.45, 2.75) is 50.6 Å². The van der Waals surface area contributed by atoms with Gasteiger partial charge in [0.05, 0.1) is 7.11 Å². The first-order valence-electron chi connectivity index (χ1n) is 7.24. The molecular weight excluding hydrogens is 318 g/mol. The highest BCUT2D eigenvalue weighted by molar-refractivity contribution is 9.10. The molecule has 1 unspecified atom stereocenters. The van der Waals surface area contributed by atoms with Crippen LogP contribution in [0.3, 0.4) is 0 Å². The lowest BCUT2D eigenvalue weighted by molar-refractivity contribution is -0.149. The maximum Gasteiger partial charge on any atom is 0.330 e. The van der Waals surface area contributed by atoms with Gasteiger partial charge in [0.2, 0.25) is 0 Å². The molecular formula is C16H22BrNO2. The number of hydrogen-bond donors (Lipinski definition) is 1. The minimum Gasteiger partial charge on any atom is -0.467 e. The summed E-state index contributed by atoms with van der Waals surface area (Å²) in [6.45, 7) is 2.03. The Morgan fingerprint density at radius 1 is 1.45 bits per heavy atom. The summed E-state index contributed by atoms with van der Waals surface area (Å²) in [6.07, 6.45) is 5.40. The van der Waals surface area contributed by atoms with Crippen molar-refractivity contribution in [3.05, 3.63) is 34.3 Å². The Hall–Kier alpha value is -0.870. The zero-order chi connectivity index (χ0) is 14.6. The SMILES string of the molecule is CCC(NC1CCCC1)(C(=O)OC)c1cccc(Br)c1. The molecule has 1 aliphatic rings. The molecule has 1 aliphatic carbocycles. The Balaban J connectivity index is 2.38. The van der Waals surface area contributed by atoms with E-state index in [-0.39, 0.29) is 5.97 Å². The van der Waals surface area contributed by atoms with Gasteiger partial charge in [0, 0.05) is 10.5 Å². The van der Waals surface area contributed by atoms with E-state index in [0.29, 0.717) is 12.5 Å². The summed E-state index contributed by atoms with van der Waals surface area (Å²) in [6, 6.07) is 8.32. The summed E-state index contributed by atoms with van der Waals surface area (Å²) in [7, 11) is 1.46. The average molecular weight is 340 g/mol. The molecule has 1 atom stereocenters. The molecule has 2 rings (SSSR count). The highest BCUT2D eigenvalue weighted by atomic mass is 79.9. The van der Waals surface area contributed by atoms with E-state index in [1.165, 1.54) is 20.0 Å². The smallest absolute Gasteiger partial charge is 0.330 e. The largest absolute Gasteiger partial charge is 0.467 e. The number of nitrogens with one attached hydrogen (secondary N) is 1. The van der Waals surface area contributed by atoms with Crippen LogP contribution in [0.4, 0.5) is 0 Å². The number of benzene rings is 1. The van der Waals surface area contributed by atoms with Gasteiger partial charge in [-0.05, 0) is 37.0 Å². The quantitative estimate of drug-likeness (QED) is 0.830. The van der Waals surface area contributed by atoms with Gasteiger partial charge < -0.3 is 4.74 Å². The van der Waals surface area contributed by atoms with Crippen molar-refractivity contribution < 1.29 is 9.53 Å². The first-order chi connectivity index (χ1) is 9.62. The summed E-state index contributed by atoms with van der Waals surface area (Å²) >= 11 is 3.49. The molecule has 1 fully saturated rings. The Morgan fingerprint density at radius 2 is 2.15 bits per heavy atom. The average Bonchev–Trinajstić information content (AvgIpc) is 2.96. The van der Waals surface area contributed by atoms with E-state index in [2.05, 4.69) is 21.2 Å². The van der Waals surface area contributed by atoms with Crippen LogP contribution in [-0.2, 0) is 15.1 Å². The second-order valence-electron chi connectivity index (χ2n) is 5.39. The maximum atomic E-state index is 12.5. The van der Waals surface area contributed by atoms with Crippen molar-refractivity contribution in [3.63, 3.8) is 0 Å². The van der Waals surface area contributed by atoms with E-state index >= 15 is 0 Å². The number of carbonyl (C=O) groups excluding carboxylic acids is 1. The highest BCUT2D eigenvalue weighted by Gasteiger charge is 2.41. The lowest BCUT2D eigenvalue weighted by atomic mass is 9.86. The van der Waals surface area contributed by atoms with Crippen LogP contribution in [0.5, 0.6) is 0 Å². The summed E-state index contributed by atoms with van der Waals surface area (Å²) < 4.78 is 6.07. The molecule has 1 aromatic rings. The molecule has 3 nitrogen and oxygen atoms in total. The van der Waals surface area contributed by atoms with Crippen molar-refractivity contribution in [2.75, 3.05) is 7.11 Å². The standard InChI is InChI=1S/C16H22BrNO2/c1-3-16(15(19)20-2,18-14-9-4-5-10-14)12-7-6-8-13(17)11-12/h6-8,11,14,18H,3-5,9-10H2,1-2H3. The molecule has 0 radical (unpaired) electrons. The van der Waals surface area contributed by atoms with Crippen LogP contribution in [-0.4, -0.2) is 19.1 Å². The topological polar surface area (TPSA) is 38.3 Å². The molecule has 20 heavy (non-hydrogen) atoms. The monoisotopic (exact) mass is 339 g/mol. The van der Waals surface area contributed by atoms with E-state index in [1.807, 2.05) is 31.2 Å². The van der Waals surface area contributed by atoms with Gasteiger partial charge in [-0.2, -0.15) is 0 Å². The molecule has 0 aromatic heterocycles. The summed E-state index contributed by atoms with van der Waals surface area (Å²) in [5.41, 5.74) is 0.223. The maximum absolute atomic E-state index is 12.5. The van der Waals surface area contributed by atoms with Crippen LogP contribution in [0.15, 0.2) is 28.7 Å². The lowest BCUT2D eigenvalue weighted by Crippen LogP contribution is -2.53. The van der Waals surface area contributed by atoms with Gasteiger partial charge in [0.25, 0.3) is 0 Å². The summed E-state index contributed by atoms with van der Waals surface area (Å²) in [5.74, 6) is -0.204. The lowest BCUT2D eigenvalue weighted by Gasteiger charge is -2.34. The van der Waals surface area contributed by atoms with E-state index in [0.717, 1.165) is 22.9 Å². The third kappa shape index (κ3) is 3.07. The third-order valence-corrected chi connectivity index (χ3v) is 4.68. The van der Waals surface area contributed by atoms with Crippen LogP contribution in [0.1, 0.15) is 44.6 Å². The predicted octanol–water partition coefficient (Wildman–Crippen LogP) is 3.76. The van der Waals surface area contributed by atoms with Gasteiger partial charge in [-0.15, -0.1) is 0 Å². The van der Waals surface area contributed by atoms with E-state index < -0.39 is 5.54 Å². The molecule has 0 heterocycles. The number of esters is 1. The number of halogens is 1. The van der Waals surface area contributed by atoms with Crippen molar-refractivity contribution in [1.29, 1.82) is 0 Å². The van der Waals surface area contributed by atoms with Gasteiger partial charge in [-0.3, -0.25) is 5.32 Å². The molecule has 1 aromatic carbocycles. The van der Waals surface area contributed by atoms with Gasteiger partial charge in [-0.25, -0.2) is 4.79 Å². The first kappa shape index (κ1) is 15.5. The molecule has 1 saturated carbocycles. The van der Waals surface area contributed by atoms with Crippen molar-refractivity contribution in [1.82, 2.24) is 5.32 Å². The molecule has 4 heteroatoms. The number of ether oxygens (including phenoxy) is 1. The van der Waals surface area contributed by atoms with Gasteiger partial charge in [-0.1, -0.05) is 47.8 Å². The Morgan fingerprint density at radius 3 is 2.70 bits per heavy atom. The minimum atomic E-state index is -0.743. The second-order valence-corrected chi connectivity index (χ2v) is 6.30. The third-order valence-electron chi connectivity index (χ3n) is 4.19. The van der Waals surface area contributed by atoms with Gasteiger partial charge >= 0.3 is 5.97 Å². The fraction of sp³-hybridized carbons (Fsp3) is 0.562. The normalized spacial score (nSPS) is 18.8. The van der Waals surface area contributed by atoms with E-state index in [4.69, 9.17) is 4.74 Å². The zero-order valence-corrected chi connectivity index (χ0v) is 13.7. The van der Waals surface area contributed by atoms with Crippen LogP contribution in [0.2, 0.25) is 0 Å². The Bertz CT molecular complexity index is 471. The van der Waals surface area contributed by atoms with E-state index in [9.17, 15) is 4.79 Å². The summed E-state index contributed by atoms with van der Waals surface area (Å²) in [4.78, 5) is 12.5. The number of hydrogen-bond acceptors (Lipinski definition) is 3. The van der Waals surface area contributed by atoms with Crippen molar-refractivity contribution >= 4 is 21.9 Å². The van der Waals surface area contributed by atoms with Crippen molar-refractivity contribution in [3.8, 4) is 0 Å². The number of rotatable bonds is 5. The van der Waals surface area contributed by atoms with Gasteiger partial charge in [0.15, 0.2) is 0 Å². The first-order valence-corrected chi connectivity index (χ1v) is 8.04. The number of carbonyl (C=O) groups is 1. The van der Waals surface area contributed by atoms with Crippen LogP contribution in [0.25, 0.3) is 0 Å². The van der Waals surface area contributed by atoms with Crippen LogP contribution in [0, 0.1) is 0 Å². The zero-order valence-electron chi connectivity index (χ0n) is 12.1. The van der Waals surface area contributed by atoms with Crippen LogP contribution >= 0.6 is 15.9 Å². The van der Waals surface area contributed by atoms with Crippen LogP contribution < -0.4 is 5.32 Å². The molecule has 0 aliphatic heterocycles. The summed E-state index contributed by atoms with van der Waals surface area (Å²) in [5, 5.41) is 3.58.